The highest BCUT2D eigenvalue weighted by molar-refractivity contribution is 5.76. The van der Waals surface area contributed by atoms with Crippen LogP contribution in [0.3, 0.4) is 0 Å². The Balaban J connectivity index is 1.46. The molecular weight excluding hydrogens is 250 g/mol. The first-order valence-electron chi connectivity index (χ1n) is 8.54. The smallest absolute Gasteiger partial charge is 0.222 e. The van der Waals surface area contributed by atoms with Crippen LogP contribution in [0.25, 0.3) is 0 Å². The Hall–Kier alpha value is -0.570. The number of ether oxygens (including phenoxy) is 1. The van der Waals surface area contributed by atoms with Crippen molar-refractivity contribution in [2.45, 2.75) is 70.3 Å². The Morgan fingerprint density at radius 2 is 1.80 bits per heavy atom. The summed E-state index contributed by atoms with van der Waals surface area (Å²) in [5, 5.41) is 0. The average Bonchev–Trinajstić information content (AvgIpc) is 2.48. The van der Waals surface area contributed by atoms with E-state index in [1.807, 2.05) is 7.11 Å². The number of rotatable bonds is 3. The highest BCUT2D eigenvalue weighted by Crippen LogP contribution is 2.50. The lowest BCUT2D eigenvalue weighted by atomic mass is 9.60. The summed E-state index contributed by atoms with van der Waals surface area (Å²) >= 11 is 0. The van der Waals surface area contributed by atoms with Gasteiger partial charge in [0.2, 0.25) is 5.91 Å². The highest BCUT2D eigenvalue weighted by atomic mass is 16.5. The van der Waals surface area contributed by atoms with Crippen molar-refractivity contribution < 1.29 is 9.53 Å². The van der Waals surface area contributed by atoms with Gasteiger partial charge in [-0.15, -0.1) is 0 Å². The van der Waals surface area contributed by atoms with Crippen molar-refractivity contribution in [2.75, 3.05) is 20.2 Å². The maximum atomic E-state index is 12.4. The molecular formula is C17H29NO2. The Bertz CT molecular complexity index is 339. The number of methoxy groups -OCH3 is 1. The molecule has 1 amide bonds. The lowest BCUT2D eigenvalue weighted by Gasteiger charge is -2.53. The van der Waals surface area contributed by atoms with E-state index in [1.165, 1.54) is 44.9 Å². The van der Waals surface area contributed by atoms with Gasteiger partial charge in [0.15, 0.2) is 0 Å². The van der Waals surface area contributed by atoms with E-state index in [0.29, 0.717) is 23.3 Å². The van der Waals surface area contributed by atoms with Gasteiger partial charge < -0.3 is 9.64 Å². The first kappa shape index (κ1) is 14.4. The SMILES string of the molecule is COC1CCC12CCN(C(=O)CC1CCCCC1)CC2. The normalized spacial score (nSPS) is 30.2. The van der Waals surface area contributed by atoms with Crippen LogP contribution >= 0.6 is 0 Å². The molecule has 0 bridgehead atoms. The average molecular weight is 279 g/mol. The summed E-state index contributed by atoms with van der Waals surface area (Å²) in [7, 11) is 1.84. The minimum atomic E-state index is 0.413. The van der Waals surface area contributed by atoms with Crippen LogP contribution in [0.1, 0.15) is 64.2 Å². The molecule has 0 aromatic carbocycles. The van der Waals surface area contributed by atoms with Crippen LogP contribution < -0.4 is 0 Å². The van der Waals surface area contributed by atoms with Crippen molar-refractivity contribution >= 4 is 5.91 Å². The van der Waals surface area contributed by atoms with E-state index in [-0.39, 0.29) is 0 Å². The molecule has 20 heavy (non-hydrogen) atoms. The summed E-state index contributed by atoms with van der Waals surface area (Å²) in [6.45, 7) is 1.93. The van der Waals surface area contributed by atoms with E-state index in [9.17, 15) is 4.79 Å². The van der Waals surface area contributed by atoms with Crippen molar-refractivity contribution in [2.24, 2.45) is 11.3 Å². The maximum Gasteiger partial charge on any atom is 0.222 e. The van der Waals surface area contributed by atoms with Crippen LogP contribution in [-0.4, -0.2) is 37.1 Å². The highest BCUT2D eigenvalue weighted by Gasteiger charge is 2.48. The second-order valence-electron chi connectivity index (χ2n) is 7.21. The first-order valence-corrected chi connectivity index (χ1v) is 8.54. The molecule has 3 rings (SSSR count). The van der Waals surface area contributed by atoms with Gasteiger partial charge in [0.25, 0.3) is 0 Å². The van der Waals surface area contributed by atoms with E-state index in [0.717, 1.165) is 32.4 Å². The molecule has 1 unspecified atom stereocenters. The molecule has 1 saturated heterocycles. The van der Waals surface area contributed by atoms with Gasteiger partial charge in [0.05, 0.1) is 6.10 Å². The first-order chi connectivity index (χ1) is 9.73. The van der Waals surface area contributed by atoms with Crippen molar-refractivity contribution in [1.29, 1.82) is 0 Å². The molecule has 1 atom stereocenters. The molecule has 114 valence electrons. The van der Waals surface area contributed by atoms with E-state index >= 15 is 0 Å². The molecule has 3 aliphatic rings. The monoisotopic (exact) mass is 279 g/mol. The van der Waals surface area contributed by atoms with Gasteiger partial charge in [-0.05, 0) is 44.4 Å². The number of hydrogen-bond acceptors (Lipinski definition) is 2. The second kappa shape index (κ2) is 6.05. The molecule has 0 aromatic heterocycles. The lowest BCUT2D eigenvalue weighted by Crippen LogP contribution is -2.54. The Morgan fingerprint density at radius 1 is 1.10 bits per heavy atom. The fraction of sp³-hybridized carbons (Fsp3) is 0.941. The molecule has 2 saturated carbocycles. The number of carbonyl (C=O) groups is 1. The van der Waals surface area contributed by atoms with Crippen molar-refractivity contribution in [1.82, 2.24) is 4.90 Å². The number of amides is 1. The van der Waals surface area contributed by atoms with Crippen LogP contribution in [0.15, 0.2) is 0 Å². The van der Waals surface area contributed by atoms with Crippen LogP contribution in [-0.2, 0) is 9.53 Å². The van der Waals surface area contributed by atoms with E-state index in [4.69, 9.17) is 4.74 Å². The molecule has 1 heterocycles. The van der Waals surface area contributed by atoms with Crippen LogP contribution in [0, 0.1) is 11.3 Å². The Morgan fingerprint density at radius 3 is 2.35 bits per heavy atom. The largest absolute Gasteiger partial charge is 0.381 e. The molecule has 2 aliphatic carbocycles. The van der Waals surface area contributed by atoms with Gasteiger partial charge in [0.1, 0.15) is 0 Å². The third-order valence-corrected chi connectivity index (χ3v) is 6.17. The summed E-state index contributed by atoms with van der Waals surface area (Å²) in [5.74, 6) is 1.09. The number of nitrogens with zero attached hydrogens (tertiary/aromatic N) is 1. The summed E-state index contributed by atoms with van der Waals surface area (Å²) in [5.41, 5.74) is 0.413. The maximum absolute atomic E-state index is 12.4. The fourth-order valence-electron chi connectivity index (χ4n) is 4.58. The summed E-state index contributed by atoms with van der Waals surface area (Å²) in [6.07, 6.45) is 12.7. The summed E-state index contributed by atoms with van der Waals surface area (Å²) in [4.78, 5) is 14.6. The molecule has 3 nitrogen and oxygen atoms in total. The van der Waals surface area contributed by atoms with E-state index < -0.39 is 0 Å². The van der Waals surface area contributed by atoms with Gasteiger partial charge in [-0.2, -0.15) is 0 Å². The fourth-order valence-corrected chi connectivity index (χ4v) is 4.58. The molecule has 1 aliphatic heterocycles. The molecule has 0 radical (unpaired) electrons. The van der Waals surface area contributed by atoms with Crippen LogP contribution in [0.2, 0.25) is 0 Å². The molecule has 1 spiro atoms. The number of likely N-dealkylation sites (tertiary alicyclic amines) is 1. The van der Waals surface area contributed by atoms with Crippen LogP contribution in [0.5, 0.6) is 0 Å². The molecule has 0 aromatic rings. The van der Waals surface area contributed by atoms with Crippen LogP contribution in [0.4, 0.5) is 0 Å². The van der Waals surface area contributed by atoms with Gasteiger partial charge in [0, 0.05) is 32.0 Å². The number of carbonyl (C=O) groups excluding carboxylic acids is 1. The van der Waals surface area contributed by atoms with Gasteiger partial charge in [-0.25, -0.2) is 0 Å². The number of piperidine rings is 1. The predicted molar refractivity (Wildman–Crippen MR) is 79.5 cm³/mol. The van der Waals surface area contributed by atoms with Crippen molar-refractivity contribution in [3.8, 4) is 0 Å². The molecule has 3 fully saturated rings. The third kappa shape index (κ3) is 2.74. The van der Waals surface area contributed by atoms with Crippen molar-refractivity contribution in [3.63, 3.8) is 0 Å². The summed E-state index contributed by atoms with van der Waals surface area (Å²) in [6, 6.07) is 0. The Kier molecular flexibility index (Phi) is 4.34. The molecule has 3 heteroatoms. The molecule has 0 N–H and O–H groups in total. The standard InChI is InChI=1S/C17H29NO2/c1-20-15-7-8-17(15)9-11-18(12-10-17)16(19)13-14-5-3-2-4-6-14/h14-15H,2-13H2,1H3. The van der Waals surface area contributed by atoms with Gasteiger partial charge in [-0.1, -0.05) is 19.3 Å². The minimum Gasteiger partial charge on any atom is -0.381 e. The van der Waals surface area contributed by atoms with E-state index in [1.54, 1.807) is 0 Å². The number of hydrogen-bond donors (Lipinski definition) is 0. The second-order valence-corrected chi connectivity index (χ2v) is 7.21. The predicted octanol–water partition coefficient (Wildman–Crippen LogP) is 3.37. The lowest BCUT2D eigenvalue weighted by molar-refractivity contribution is -0.145. The quantitative estimate of drug-likeness (QED) is 0.792. The third-order valence-electron chi connectivity index (χ3n) is 6.17. The zero-order valence-corrected chi connectivity index (χ0v) is 12.9. The minimum absolute atomic E-state index is 0.413. The van der Waals surface area contributed by atoms with Gasteiger partial charge in [-0.3, -0.25) is 4.79 Å². The zero-order chi connectivity index (χ0) is 14.0. The zero-order valence-electron chi connectivity index (χ0n) is 12.9. The van der Waals surface area contributed by atoms with Gasteiger partial charge >= 0.3 is 0 Å². The van der Waals surface area contributed by atoms with E-state index in [2.05, 4.69) is 4.90 Å². The Labute approximate surface area is 123 Å². The topological polar surface area (TPSA) is 29.5 Å². The summed E-state index contributed by atoms with van der Waals surface area (Å²) < 4.78 is 5.59. The van der Waals surface area contributed by atoms with Crippen molar-refractivity contribution in [3.05, 3.63) is 0 Å².